The van der Waals surface area contributed by atoms with Gasteiger partial charge in [0.2, 0.25) is 5.91 Å². The van der Waals surface area contributed by atoms with Crippen molar-refractivity contribution in [2.45, 2.75) is 46.6 Å². The maximum atomic E-state index is 11.6. The molecule has 1 aromatic heterocycles. The molecule has 2 aromatic rings. The number of unbranched alkanes of at least 4 members (excludes halogenated alkanes) is 1. The Labute approximate surface area is 125 Å². The number of hydrazone groups is 1. The summed E-state index contributed by atoms with van der Waals surface area (Å²) in [5, 5.41) is 5.28. The summed E-state index contributed by atoms with van der Waals surface area (Å²) < 4.78 is 2.26. The number of nitrogens with zero attached hydrogens (tertiary/aromatic N) is 2. The lowest BCUT2D eigenvalue weighted by Gasteiger charge is -2.03. The lowest BCUT2D eigenvalue weighted by atomic mass is 10.1. The minimum absolute atomic E-state index is 0.0232. The molecule has 4 heteroatoms. The molecule has 0 aliphatic heterocycles. The highest BCUT2D eigenvalue weighted by atomic mass is 16.2. The molecule has 0 aliphatic rings. The number of rotatable bonds is 6. The van der Waals surface area contributed by atoms with Crippen molar-refractivity contribution in [1.29, 1.82) is 0 Å². The first-order valence-electron chi connectivity index (χ1n) is 7.58. The van der Waals surface area contributed by atoms with Crippen molar-refractivity contribution in [3.8, 4) is 0 Å². The van der Waals surface area contributed by atoms with Crippen molar-refractivity contribution < 1.29 is 4.79 Å². The molecule has 0 radical (unpaired) electrons. The van der Waals surface area contributed by atoms with Gasteiger partial charge < -0.3 is 4.57 Å². The summed E-state index contributed by atoms with van der Waals surface area (Å²) in [6.45, 7) is 7.21. The summed E-state index contributed by atoms with van der Waals surface area (Å²) in [4.78, 5) is 11.6. The van der Waals surface area contributed by atoms with Crippen LogP contribution in [0.4, 0.5) is 0 Å². The van der Waals surface area contributed by atoms with Gasteiger partial charge in [0.25, 0.3) is 0 Å². The predicted molar refractivity (Wildman–Crippen MR) is 87.6 cm³/mol. The fourth-order valence-electron chi connectivity index (χ4n) is 2.59. The van der Waals surface area contributed by atoms with Crippen LogP contribution in [-0.2, 0) is 11.3 Å². The third-order valence-electron chi connectivity index (χ3n) is 3.74. The number of hydrogen-bond donors (Lipinski definition) is 1. The fourth-order valence-corrected chi connectivity index (χ4v) is 2.59. The Bertz CT molecular complexity index is 655. The van der Waals surface area contributed by atoms with Gasteiger partial charge in [0.05, 0.1) is 6.21 Å². The van der Waals surface area contributed by atoms with Crippen LogP contribution < -0.4 is 5.43 Å². The van der Waals surface area contributed by atoms with Crippen molar-refractivity contribution in [3.63, 3.8) is 0 Å². The summed E-state index contributed by atoms with van der Waals surface area (Å²) in [6.07, 6.45) is 4.20. The molecule has 0 atom stereocenters. The van der Waals surface area contributed by atoms with E-state index in [0.29, 0.717) is 6.42 Å². The summed E-state index contributed by atoms with van der Waals surface area (Å²) in [6, 6.07) is 8.28. The fraction of sp³-hybridized carbons (Fsp3) is 0.412. The number of aryl methyl sites for hydroxylation is 1. The molecule has 1 heterocycles. The molecular formula is C17H23N3O. The number of benzene rings is 1. The normalized spacial score (nSPS) is 11.4. The van der Waals surface area contributed by atoms with Gasteiger partial charge >= 0.3 is 0 Å². The van der Waals surface area contributed by atoms with E-state index < -0.39 is 0 Å². The van der Waals surface area contributed by atoms with Crippen LogP contribution in [-0.4, -0.2) is 16.7 Å². The Morgan fingerprint density at radius 3 is 2.81 bits per heavy atom. The van der Waals surface area contributed by atoms with Crippen molar-refractivity contribution in [3.05, 3.63) is 35.5 Å². The lowest BCUT2D eigenvalue weighted by molar-refractivity contribution is -0.121. The number of amides is 1. The van der Waals surface area contributed by atoms with Gasteiger partial charge in [-0.3, -0.25) is 4.79 Å². The van der Waals surface area contributed by atoms with Crippen LogP contribution >= 0.6 is 0 Å². The molecule has 0 fully saturated rings. The Morgan fingerprint density at radius 2 is 2.10 bits per heavy atom. The Hall–Kier alpha value is -2.10. The van der Waals surface area contributed by atoms with E-state index in [9.17, 15) is 4.79 Å². The zero-order valence-electron chi connectivity index (χ0n) is 13.0. The number of aromatic nitrogens is 1. The number of carbonyl (C=O) groups is 1. The molecule has 0 spiro atoms. The second-order valence-electron chi connectivity index (χ2n) is 5.16. The van der Waals surface area contributed by atoms with Crippen LogP contribution in [0.3, 0.4) is 0 Å². The van der Waals surface area contributed by atoms with Crippen LogP contribution in [0.2, 0.25) is 0 Å². The van der Waals surface area contributed by atoms with Crippen LogP contribution in [0.15, 0.2) is 29.4 Å². The molecular weight excluding hydrogens is 262 g/mol. The van der Waals surface area contributed by atoms with Gasteiger partial charge in [-0.1, -0.05) is 31.5 Å². The second-order valence-corrected chi connectivity index (χ2v) is 5.16. The van der Waals surface area contributed by atoms with Crippen LogP contribution in [0.25, 0.3) is 10.9 Å². The first-order valence-corrected chi connectivity index (χ1v) is 7.58. The van der Waals surface area contributed by atoms with E-state index in [2.05, 4.69) is 48.0 Å². The topological polar surface area (TPSA) is 46.4 Å². The van der Waals surface area contributed by atoms with E-state index in [-0.39, 0.29) is 5.91 Å². The first kappa shape index (κ1) is 15.3. The number of carbonyl (C=O) groups excluding carboxylic acids is 1. The molecule has 21 heavy (non-hydrogen) atoms. The van der Waals surface area contributed by atoms with Gasteiger partial charge in [-0.2, -0.15) is 5.10 Å². The summed E-state index contributed by atoms with van der Waals surface area (Å²) in [7, 11) is 0. The number of para-hydroxylation sites is 1. The molecule has 112 valence electrons. The molecule has 1 aromatic carbocycles. The number of nitrogens with one attached hydrogen (secondary N) is 1. The Kier molecular flexibility index (Phi) is 5.14. The average molecular weight is 285 g/mol. The minimum atomic E-state index is -0.0232. The van der Waals surface area contributed by atoms with Gasteiger partial charge in [0.1, 0.15) is 0 Å². The third kappa shape index (κ3) is 3.32. The first-order chi connectivity index (χ1) is 10.2. The molecule has 0 aliphatic carbocycles. The van der Waals surface area contributed by atoms with Gasteiger partial charge in [0, 0.05) is 35.1 Å². The molecule has 0 saturated carbocycles. The molecule has 4 nitrogen and oxygen atoms in total. The van der Waals surface area contributed by atoms with Gasteiger partial charge in [-0.15, -0.1) is 0 Å². The van der Waals surface area contributed by atoms with Gasteiger partial charge in [0.15, 0.2) is 0 Å². The van der Waals surface area contributed by atoms with E-state index in [1.807, 2.05) is 12.1 Å². The zero-order chi connectivity index (χ0) is 15.2. The number of hydrogen-bond acceptors (Lipinski definition) is 2. The summed E-state index contributed by atoms with van der Waals surface area (Å²) >= 11 is 0. The SMILES string of the molecule is CCCCC(=O)N/N=C/c1c(C)n(CC)c2ccccc12. The largest absolute Gasteiger partial charge is 0.344 e. The Balaban J connectivity index is 2.22. The Morgan fingerprint density at radius 1 is 1.33 bits per heavy atom. The highest BCUT2D eigenvalue weighted by Gasteiger charge is 2.10. The smallest absolute Gasteiger partial charge is 0.240 e. The highest BCUT2D eigenvalue weighted by Crippen LogP contribution is 2.24. The van der Waals surface area contributed by atoms with Crippen molar-refractivity contribution >= 4 is 23.0 Å². The summed E-state index contributed by atoms with van der Waals surface area (Å²) in [5.74, 6) is -0.0232. The van der Waals surface area contributed by atoms with Crippen molar-refractivity contribution in [1.82, 2.24) is 9.99 Å². The average Bonchev–Trinajstić information content (AvgIpc) is 2.77. The van der Waals surface area contributed by atoms with E-state index in [0.717, 1.165) is 24.9 Å². The maximum Gasteiger partial charge on any atom is 0.240 e. The monoisotopic (exact) mass is 285 g/mol. The minimum Gasteiger partial charge on any atom is -0.344 e. The third-order valence-corrected chi connectivity index (χ3v) is 3.74. The standard InChI is InChI=1S/C17H23N3O/c1-4-6-11-17(21)19-18-12-15-13(3)20(5-2)16-10-8-7-9-14(15)16/h7-10,12H,4-6,11H2,1-3H3,(H,19,21)/b18-12+. The van der Waals surface area contributed by atoms with Crippen molar-refractivity contribution in [2.24, 2.45) is 5.10 Å². The maximum absolute atomic E-state index is 11.6. The van der Waals surface area contributed by atoms with Crippen LogP contribution in [0.1, 0.15) is 44.4 Å². The van der Waals surface area contributed by atoms with E-state index in [1.54, 1.807) is 6.21 Å². The van der Waals surface area contributed by atoms with Crippen LogP contribution in [0, 0.1) is 6.92 Å². The molecule has 1 N–H and O–H groups in total. The predicted octanol–water partition coefficient (Wildman–Crippen LogP) is 3.61. The quantitative estimate of drug-likeness (QED) is 0.639. The molecule has 0 saturated heterocycles. The van der Waals surface area contributed by atoms with E-state index in [4.69, 9.17) is 0 Å². The molecule has 2 rings (SSSR count). The van der Waals surface area contributed by atoms with Crippen molar-refractivity contribution in [2.75, 3.05) is 0 Å². The zero-order valence-corrected chi connectivity index (χ0v) is 13.0. The lowest BCUT2D eigenvalue weighted by Crippen LogP contribution is -2.16. The molecule has 1 amide bonds. The van der Waals surface area contributed by atoms with E-state index >= 15 is 0 Å². The van der Waals surface area contributed by atoms with E-state index in [1.165, 1.54) is 16.6 Å². The molecule has 0 unspecified atom stereocenters. The molecule has 0 bridgehead atoms. The van der Waals surface area contributed by atoms with Crippen LogP contribution in [0.5, 0.6) is 0 Å². The van der Waals surface area contributed by atoms with Gasteiger partial charge in [-0.05, 0) is 26.3 Å². The number of fused-ring (bicyclic) bond motifs is 1. The van der Waals surface area contributed by atoms with Gasteiger partial charge in [-0.25, -0.2) is 5.43 Å². The second kappa shape index (κ2) is 7.07. The highest BCUT2D eigenvalue weighted by molar-refractivity contribution is 6.01. The summed E-state index contributed by atoms with van der Waals surface area (Å²) in [5.41, 5.74) is 6.06.